The Hall–Kier alpha value is -3.29. The fraction of sp³-hybridized carbons (Fsp3) is 0.300. The zero-order chi connectivity index (χ0) is 20.1. The predicted molar refractivity (Wildman–Crippen MR) is 99.8 cm³/mol. The van der Waals surface area contributed by atoms with E-state index in [1.165, 1.54) is 30.5 Å². The lowest BCUT2D eigenvalue weighted by molar-refractivity contribution is 0.0729. The first kappa shape index (κ1) is 18.1. The van der Waals surface area contributed by atoms with Gasteiger partial charge in [-0.05, 0) is 23.6 Å². The van der Waals surface area contributed by atoms with Gasteiger partial charge >= 0.3 is 5.97 Å². The third-order valence-electron chi connectivity index (χ3n) is 4.73. The van der Waals surface area contributed by atoms with Crippen molar-refractivity contribution in [3.63, 3.8) is 0 Å². The maximum absolute atomic E-state index is 13.7. The van der Waals surface area contributed by atoms with Crippen LogP contribution in [-0.2, 0) is 18.5 Å². The molecule has 1 aromatic carbocycles. The minimum absolute atomic E-state index is 0.0751. The standard InChI is InChI=1S/C20H19FN4O3/c1-20(2,3)14-8-12(21)4-5-18(14)28-19(27)13-11-24-6-7-25-16(10-22-23-25)15(24)9-17(13)26/h4-5,8-11H,6-7H2,1-3H3. The maximum Gasteiger partial charge on any atom is 0.349 e. The SMILES string of the molecule is CC(C)(C)c1cc(F)ccc1OC(=O)c1cn2c(cc1=O)-c1cnnn1CC2. The Kier molecular flexibility index (Phi) is 4.14. The largest absolute Gasteiger partial charge is 0.422 e. The summed E-state index contributed by atoms with van der Waals surface area (Å²) in [7, 11) is 0. The predicted octanol–water partition coefficient (Wildman–Crippen LogP) is 2.78. The van der Waals surface area contributed by atoms with Crippen molar-refractivity contribution in [2.75, 3.05) is 0 Å². The number of halogens is 1. The van der Waals surface area contributed by atoms with Crippen molar-refractivity contribution in [1.82, 2.24) is 19.6 Å². The molecule has 1 aliphatic rings. The van der Waals surface area contributed by atoms with Gasteiger partial charge in [0.1, 0.15) is 22.8 Å². The van der Waals surface area contributed by atoms with Gasteiger partial charge in [0.05, 0.1) is 18.4 Å². The van der Waals surface area contributed by atoms with Gasteiger partial charge in [-0.3, -0.25) is 4.79 Å². The molecule has 28 heavy (non-hydrogen) atoms. The molecule has 0 atom stereocenters. The van der Waals surface area contributed by atoms with Gasteiger partial charge in [0, 0.05) is 24.4 Å². The second kappa shape index (κ2) is 6.40. The third-order valence-corrected chi connectivity index (χ3v) is 4.73. The Morgan fingerprint density at radius 1 is 1.18 bits per heavy atom. The van der Waals surface area contributed by atoms with E-state index in [1.807, 2.05) is 25.3 Å². The minimum atomic E-state index is -0.769. The van der Waals surface area contributed by atoms with E-state index >= 15 is 0 Å². The molecule has 0 amide bonds. The molecule has 3 heterocycles. The van der Waals surface area contributed by atoms with E-state index in [-0.39, 0.29) is 11.3 Å². The number of esters is 1. The molecule has 0 fully saturated rings. The molecule has 0 spiro atoms. The second-order valence-corrected chi connectivity index (χ2v) is 7.75. The Bertz CT molecular complexity index is 1140. The molecule has 0 unspecified atom stereocenters. The highest BCUT2D eigenvalue weighted by atomic mass is 19.1. The number of carbonyl (C=O) groups is 1. The van der Waals surface area contributed by atoms with Gasteiger partial charge in [-0.2, -0.15) is 0 Å². The van der Waals surface area contributed by atoms with Crippen LogP contribution in [0, 0.1) is 5.82 Å². The molecule has 0 radical (unpaired) electrons. The number of ether oxygens (including phenoxy) is 1. The topological polar surface area (TPSA) is 79.0 Å². The Morgan fingerprint density at radius 3 is 2.71 bits per heavy atom. The van der Waals surface area contributed by atoms with Crippen LogP contribution in [0.15, 0.2) is 41.5 Å². The molecule has 4 rings (SSSR count). The molecular weight excluding hydrogens is 363 g/mol. The van der Waals surface area contributed by atoms with Crippen molar-refractivity contribution in [3.8, 4) is 17.1 Å². The van der Waals surface area contributed by atoms with Crippen LogP contribution in [-0.4, -0.2) is 25.5 Å². The van der Waals surface area contributed by atoms with E-state index in [2.05, 4.69) is 10.3 Å². The van der Waals surface area contributed by atoms with E-state index in [9.17, 15) is 14.0 Å². The maximum atomic E-state index is 13.7. The van der Waals surface area contributed by atoms with Crippen LogP contribution in [0.3, 0.4) is 0 Å². The number of nitrogens with zero attached hydrogens (tertiary/aromatic N) is 4. The zero-order valence-electron chi connectivity index (χ0n) is 15.8. The van der Waals surface area contributed by atoms with Gasteiger partial charge in [0.2, 0.25) is 0 Å². The number of benzene rings is 1. The molecule has 0 aliphatic carbocycles. The molecule has 0 N–H and O–H groups in total. The fourth-order valence-corrected chi connectivity index (χ4v) is 3.29. The quantitative estimate of drug-likeness (QED) is 0.503. The molecule has 144 valence electrons. The Balaban J connectivity index is 1.71. The number of hydrogen-bond donors (Lipinski definition) is 0. The number of hydrogen-bond acceptors (Lipinski definition) is 5. The van der Waals surface area contributed by atoms with Gasteiger partial charge in [-0.1, -0.05) is 26.0 Å². The first-order valence-electron chi connectivity index (χ1n) is 8.89. The molecule has 7 nitrogen and oxygen atoms in total. The van der Waals surface area contributed by atoms with Crippen molar-refractivity contribution in [2.45, 2.75) is 39.3 Å². The molecule has 0 bridgehead atoms. The number of fused-ring (bicyclic) bond motifs is 3. The summed E-state index contributed by atoms with van der Waals surface area (Å²) in [5.74, 6) is -0.943. The number of aromatic nitrogens is 4. The van der Waals surface area contributed by atoms with Crippen LogP contribution in [0.5, 0.6) is 5.75 Å². The molecule has 1 aliphatic heterocycles. The summed E-state index contributed by atoms with van der Waals surface area (Å²) in [5.41, 5.74) is 0.952. The number of aryl methyl sites for hydroxylation is 2. The van der Waals surface area contributed by atoms with Crippen LogP contribution in [0.1, 0.15) is 36.7 Å². The molecule has 3 aromatic rings. The van der Waals surface area contributed by atoms with Crippen molar-refractivity contribution in [1.29, 1.82) is 0 Å². The fourth-order valence-electron chi connectivity index (χ4n) is 3.29. The highest BCUT2D eigenvalue weighted by Crippen LogP contribution is 2.32. The van der Waals surface area contributed by atoms with Crippen molar-refractivity contribution in [2.24, 2.45) is 0 Å². The highest BCUT2D eigenvalue weighted by molar-refractivity contribution is 5.91. The first-order valence-corrected chi connectivity index (χ1v) is 8.89. The Labute approximate surface area is 160 Å². The van der Waals surface area contributed by atoms with Crippen LogP contribution in [0.2, 0.25) is 0 Å². The lowest BCUT2D eigenvalue weighted by Crippen LogP contribution is -2.26. The summed E-state index contributed by atoms with van der Waals surface area (Å²) in [6.07, 6.45) is 3.08. The normalized spacial score (nSPS) is 13.0. The summed E-state index contributed by atoms with van der Waals surface area (Å²) in [5, 5.41) is 7.83. The summed E-state index contributed by atoms with van der Waals surface area (Å²) < 4.78 is 22.7. The van der Waals surface area contributed by atoms with Crippen molar-refractivity contribution in [3.05, 3.63) is 63.8 Å². The molecular formula is C20H19FN4O3. The van der Waals surface area contributed by atoms with E-state index in [1.54, 1.807) is 10.9 Å². The molecule has 2 aromatic heterocycles. The van der Waals surface area contributed by atoms with Gasteiger partial charge in [-0.25, -0.2) is 13.9 Å². The lowest BCUT2D eigenvalue weighted by Gasteiger charge is -2.23. The molecule has 0 saturated heterocycles. The number of rotatable bonds is 2. The average molecular weight is 382 g/mol. The zero-order valence-corrected chi connectivity index (χ0v) is 15.8. The first-order chi connectivity index (χ1) is 13.2. The van der Waals surface area contributed by atoms with Crippen LogP contribution >= 0.6 is 0 Å². The van der Waals surface area contributed by atoms with Gasteiger partial charge in [0.25, 0.3) is 0 Å². The average Bonchev–Trinajstić information content (AvgIpc) is 3.11. The number of pyridine rings is 1. The van der Waals surface area contributed by atoms with Crippen molar-refractivity contribution >= 4 is 5.97 Å². The van der Waals surface area contributed by atoms with E-state index in [0.29, 0.717) is 24.3 Å². The van der Waals surface area contributed by atoms with Crippen LogP contribution in [0.25, 0.3) is 11.4 Å². The number of carbonyl (C=O) groups excluding carboxylic acids is 1. The highest BCUT2D eigenvalue weighted by Gasteiger charge is 2.25. The Morgan fingerprint density at radius 2 is 1.96 bits per heavy atom. The van der Waals surface area contributed by atoms with Crippen LogP contribution in [0.4, 0.5) is 4.39 Å². The minimum Gasteiger partial charge on any atom is -0.422 e. The third kappa shape index (κ3) is 3.11. The van der Waals surface area contributed by atoms with Crippen molar-refractivity contribution < 1.29 is 13.9 Å². The molecule has 0 saturated carbocycles. The van der Waals surface area contributed by atoms with E-state index < -0.39 is 22.6 Å². The summed E-state index contributed by atoms with van der Waals surface area (Å²) >= 11 is 0. The van der Waals surface area contributed by atoms with E-state index in [4.69, 9.17) is 4.74 Å². The van der Waals surface area contributed by atoms with Gasteiger partial charge in [0.15, 0.2) is 5.43 Å². The molecule has 8 heteroatoms. The van der Waals surface area contributed by atoms with Gasteiger partial charge < -0.3 is 9.30 Å². The van der Waals surface area contributed by atoms with Gasteiger partial charge in [-0.15, -0.1) is 5.10 Å². The smallest absolute Gasteiger partial charge is 0.349 e. The van der Waals surface area contributed by atoms with E-state index in [0.717, 1.165) is 5.69 Å². The summed E-state index contributed by atoms with van der Waals surface area (Å²) in [6.45, 7) is 6.82. The second-order valence-electron chi connectivity index (χ2n) is 7.75. The van der Waals surface area contributed by atoms with Crippen LogP contribution < -0.4 is 10.2 Å². The summed E-state index contributed by atoms with van der Waals surface area (Å²) in [6, 6.07) is 5.37. The monoisotopic (exact) mass is 382 g/mol. The summed E-state index contributed by atoms with van der Waals surface area (Å²) in [4.78, 5) is 25.3. The lowest BCUT2D eigenvalue weighted by atomic mass is 9.86.